The Bertz CT molecular complexity index is 670. The molecule has 1 aromatic heterocycles. The number of urea groups is 1. The maximum atomic E-state index is 11.8. The molecule has 0 bridgehead atoms. The fraction of sp³-hybridized carbons (Fsp3) is 0.0909. The molecule has 0 aliphatic carbocycles. The van der Waals surface area contributed by atoms with Crippen molar-refractivity contribution in [1.29, 1.82) is 0 Å². The predicted octanol–water partition coefficient (Wildman–Crippen LogP) is 1.81. The van der Waals surface area contributed by atoms with Crippen LogP contribution >= 0.6 is 11.6 Å². The van der Waals surface area contributed by atoms with E-state index in [0.717, 1.165) is 0 Å². The molecular weight excluding hydrogens is 286 g/mol. The van der Waals surface area contributed by atoms with Gasteiger partial charge < -0.3 is 10.4 Å². The van der Waals surface area contributed by atoms with Crippen molar-refractivity contribution < 1.29 is 14.7 Å². The molecule has 1 aromatic carbocycles. The van der Waals surface area contributed by atoms with Gasteiger partial charge in [0, 0.05) is 12.1 Å². The number of rotatable bonds is 3. The van der Waals surface area contributed by atoms with Gasteiger partial charge in [-0.15, -0.1) is 0 Å². The van der Waals surface area contributed by atoms with E-state index in [4.69, 9.17) is 16.7 Å². The van der Waals surface area contributed by atoms with Crippen LogP contribution in [0.2, 0.25) is 5.02 Å². The quantitative estimate of drug-likeness (QED) is 0.800. The first kappa shape index (κ1) is 13.8. The predicted molar refractivity (Wildman–Crippen MR) is 72.1 cm³/mol. The van der Waals surface area contributed by atoms with E-state index < -0.39 is 12.0 Å². The van der Waals surface area contributed by atoms with Crippen molar-refractivity contribution in [3.05, 3.63) is 35.1 Å². The molecule has 0 aliphatic heterocycles. The zero-order valence-corrected chi connectivity index (χ0v) is 11.0. The fourth-order valence-corrected chi connectivity index (χ4v) is 1.64. The smallest absolute Gasteiger partial charge is 0.337 e. The number of carbonyl (C=O) groups excluding carboxylic acids is 1. The highest BCUT2D eigenvalue weighted by molar-refractivity contribution is 6.31. The molecule has 2 amide bonds. The summed E-state index contributed by atoms with van der Waals surface area (Å²) in [5.74, 6) is -0.947. The van der Waals surface area contributed by atoms with Gasteiger partial charge in [0.25, 0.3) is 0 Å². The number of amides is 2. The van der Waals surface area contributed by atoms with Crippen LogP contribution in [0.4, 0.5) is 16.4 Å². The van der Waals surface area contributed by atoms with Crippen LogP contribution in [0.25, 0.3) is 0 Å². The minimum Gasteiger partial charge on any atom is -0.478 e. The highest BCUT2D eigenvalue weighted by atomic mass is 35.5. The number of anilines is 2. The number of nitrogens with zero attached hydrogens (tertiary/aromatic N) is 3. The van der Waals surface area contributed by atoms with Gasteiger partial charge in [0.05, 0.1) is 11.3 Å². The molecule has 3 N–H and O–H groups in total. The van der Waals surface area contributed by atoms with Crippen LogP contribution in [0.15, 0.2) is 24.5 Å². The Hall–Kier alpha value is -2.61. The normalized spacial score (nSPS) is 10.1. The molecule has 0 unspecified atom stereocenters. The van der Waals surface area contributed by atoms with E-state index in [1.165, 1.54) is 29.2 Å². The maximum absolute atomic E-state index is 11.8. The van der Waals surface area contributed by atoms with Gasteiger partial charge in [0.1, 0.15) is 6.33 Å². The topological polar surface area (TPSA) is 109 Å². The molecule has 0 atom stereocenters. The summed E-state index contributed by atoms with van der Waals surface area (Å²) in [6, 6.07) is 3.44. The molecular formula is C11H10ClN5O3. The van der Waals surface area contributed by atoms with Gasteiger partial charge in [-0.25, -0.2) is 14.3 Å². The SMILES string of the molecule is Cn1ncnc1NC(=O)Nc1cc(Cl)ccc1C(=O)O. The number of hydrogen-bond donors (Lipinski definition) is 3. The standard InChI is InChI=1S/C11H10ClN5O3/c1-17-10(13-5-14-17)16-11(20)15-8-4-6(12)2-3-7(8)9(18)19/h2-5H,1H3,(H,18,19)(H2,13,14,15,16,20). The minimum atomic E-state index is -1.17. The third kappa shape index (κ3) is 3.04. The van der Waals surface area contributed by atoms with E-state index in [1.54, 1.807) is 7.05 Å². The number of hydrogen-bond acceptors (Lipinski definition) is 4. The largest absolute Gasteiger partial charge is 0.478 e. The first-order chi connectivity index (χ1) is 9.47. The first-order valence-electron chi connectivity index (χ1n) is 5.42. The second-order valence-corrected chi connectivity index (χ2v) is 4.22. The average molecular weight is 296 g/mol. The highest BCUT2D eigenvalue weighted by Crippen LogP contribution is 2.21. The van der Waals surface area contributed by atoms with Gasteiger partial charge in [-0.05, 0) is 18.2 Å². The van der Waals surface area contributed by atoms with Gasteiger partial charge >= 0.3 is 12.0 Å². The van der Waals surface area contributed by atoms with E-state index in [-0.39, 0.29) is 17.2 Å². The van der Waals surface area contributed by atoms with Crippen LogP contribution in [0.5, 0.6) is 0 Å². The monoisotopic (exact) mass is 295 g/mol. The molecule has 0 saturated heterocycles. The van der Waals surface area contributed by atoms with E-state index in [2.05, 4.69) is 20.7 Å². The Morgan fingerprint density at radius 1 is 1.35 bits per heavy atom. The molecule has 9 heteroatoms. The van der Waals surface area contributed by atoms with Crippen molar-refractivity contribution in [3.8, 4) is 0 Å². The Labute approximate surface area is 118 Å². The van der Waals surface area contributed by atoms with Crippen molar-refractivity contribution in [2.75, 3.05) is 10.6 Å². The van der Waals surface area contributed by atoms with Crippen molar-refractivity contribution >= 4 is 35.2 Å². The molecule has 0 saturated carbocycles. The lowest BCUT2D eigenvalue weighted by Gasteiger charge is -2.09. The molecule has 0 spiro atoms. The third-order valence-corrected chi connectivity index (χ3v) is 2.63. The van der Waals surface area contributed by atoms with E-state index in [9.17, 15) is 9.59 Å². The number of carboxylic acid groups (broad SMARTS) is 1. The lowest BCUT2D eigenvalue weighted by Crippen LogP contribution is -2.22. The Morgan fingerprint density at radius 2 is 2.10 bits per heavy atom. The number of benzene rings is 1. The van der Waals surface area contributed by atoms with Crippen LogP contribution in [0.3, 0.4) is 0 Å². The van der Waals surface area contributed by atoms with Gasteiger partial charge in [-0.1, -0.05) is 11.6 Å². The number of aryl methyl sites for hydroxylation is 1. The fourth-order valence-electron chi connectivity index (χ4n) is 1.47. The first-order valence-corrected chi connectivity index (χ1v) is 5.80. The van der Waals surface area contributed by atoms with Gasteiger partial charge in [-0.3, -0.25) is 5.32 Å². The average Bonchev–Trinajstić information content (AvgIpc) is 2.74. The number of halogens is 1. The number of carboxylic acids is 1. The number of aromatic nitrogens is 3. The minimum absolute atomic E-state index is 0.0671. The van der Waals surface area contributed by atoms with Crippen molar-refractivity contribution in [2.24, 2.45) is 7.05 Å². The van der Waals surface area contributed by atoms with Crippen LogP contribution in [-0.4, -0.2) is 31.9 Å². The summed E-state index contributed by atoms with van der Waals surface area (Å²) >= 11 is 5.78. The molecule has 0 radical (unpaired) electrons. The highest BCUT2D eigenvalue weighted by Gasteiger charge is 2.14. The van der Waals surface area contributed by atoms with Crippen LogP contribution in [0.1, 0.15) is 10.4 Å². The van der Waals surface area contributed by atoms with Crippen LogP contribution in [-0.2, 0) is 7.05 Å². The second kappa shape index (κ2) is 5.57. The number of aromatic carboxylic acids is 1. The Morgan fingerprint density at radius 3 is 2.70 bits per heavy atom. The summed E-state index contributed by atoms with van der Waals surface area (Å²) in [4.78, 5) is 26.6. The zero-order valence-electron chi connectivity index (χ0n) is 10.3. The molecule has 8 nitrogen and oxygen atoms in total. The van der Waals surface area contributed by atoms with Crippen molar-refractivity contribution in [1.82, 2.24) is 14.8 Å². The Balaban J connectivity index is 2.17. The van der Waals surface area contributed by atoms with Crippen LogP contribution < -0.4 is 10.6 Å². The summed E-state index contributed by atoms with van der Waals surface area (Å²) in [6.45, 7) is 0. The van der Waals surface area contributed by atoms with Crippen molar-refractivity contribution in [2.45, 2.75) is 0 Å². The molecule has 1 heterocycles. The lowest BCUT2D eigenvalue weighted by molar-refractivity contribution is 0.0698. The van der Waals surface area contributed by atoms with Gasteiger partial charge in [0.2, 0.25) is 5.95 Å². The summed E-state index contributed by atoms with van der Waals surface area (Å²) < 4.78 is 1.36. The van der Waals surface area contributed by atoms with Crippen LogP contribution in [0, 0.1) is 0 Å². The summed E-state index contributed by atoms with van der Waals surface area (Å²) in [5, 5.41) is 18.0. The van der Waals surface area contributed by atoms with E-state index in [1.807, 2.05) is 0 Å². The van der Waals surface area contributed by atoms with E-state index in [0.29, 0.717) is 5.02 Å². The molecule has 20 heavy (non-hydrogen) atoms. The molecule has 0 aliphatic rings. The lowest BCUT2D eigenvalue weighted by atomic mass is 10.2. The third-order valence-electron chi connectivity index (χ3n) is 2.40. The summed E-state index contributed by atoms with van der Waals surface area (Å²) in [5.41, 5.74) is 0.0205. The van der Waals surface area contributed by atoms with E-state index >= 15 is 0 Å². The maximum Gasteiger partial charge on any atom is 0.337 e. The molecule has 0 fully saturated rings. The summed E-state index contributed by atoms with van der Waals surface area (Å²) in [6.07, 6.45) is 1.28. The summed E-state index contributed by atoms with van der Waals surface area (Å²) in [7, 11) is 1.60. The molecule has 104 valence electrons. The van der Waals surface area contributed by atoms with Crippen molar-refractivity contribution in [3.63, 3.8) is 0 Å². The Kier molecular flexibility index (Phi) is 3.85. The van der Waals surface area contributed by atoms with Gasteiger partial charge in [0.15, 0.2) is 0 Å². The zero-order chi connectivity index (χ0) is 14.7. The number of nitrogens with one attached hydrogen (secondary N) is 2. The molecule has 2 aromatic rings. The van der Waals surface area contributed by atoms with Gasteiger partial charge in [-0.2, -0.15) is 10.1 Å². The number of carbonyl (C=O) groups is 2. The molecule has 2 rings (SSSR count). The second-order valence-electron chi connectivity index (χ2n) is 3.78.